The number of halogens is 1. The van der Waals surface area contributed by atoms with E-state index < -0.39 is 11.4 Å². The van der Waals surface area contributed by atoms with Gasteiger partial charge in [-0.25, -0.2) is 14.3 Å². The van der Waals surface area contributed by atoms with Crippen molar-refractivity contribution in [1.82, 2.24) is 19.5 Å². The number of benzene rings is 1. The molecule has 0 N–H and O–H groups in total. The largest absolute Gasteiger partial charge is 0.842 e. The summed E-state index contributed by atoms with van der Waals surface area (Å²) in [6.07, 6.45) is 3.25. The zero-order valence-corrected chi connectivity index (χ0v) is 17.7. The van der Waals surface area contributed by atoms with Gasteiger partial charge in [0.15, 0.2) is 0 Å². The van der Waals surface area contributed by atoms with Crippen LogP contribution >= 0.6 is 11.6 Å². The van der Waals surface area contributed by atoms with Crippen molar-refractivity contribution in [2.75, 3.05) is 0 Å². The summed E-state index contributed by atoms with van der Waals surface area (Å²) in [6.45, 7) is 1.92. The zero-order valence-electron chi connectivity index (χ0n) is 16.9. The molecule has 0 saturated carbocycles. The Balaban J connectivity index is 1.72. The number of aromatic nitrogens is 5. The van der Waals surface area contributed by atoms with E-state index in [4.69, 9.17) is 16.1 Å². The van der Waals surface area contributed by atoms with Crippen molar-refractivity contribution in [3.8, 4) is 28.4 Å². The molecule has 158 valence electrons. The molecule has 0 atom stereocenters. The van der Waals surface area contributed by atoms with Crippen LogP contribution in [0.1, 0.15) is 11.5 Å². The summed E-state index contributed by atoms with van der Waals surface area (Å²) in [5.74, 6) is 0.408. The van der Waals surface area contributed by atoms with E-state index in [0.29, 0.717) is 33.6 Å². The van der Waals surface area contributed by atoms with Crippen LogP contribution in [0.4, 0.5) is 0 Å². The van der Waals surface area contributed by atoms with Gasteiger partial charge in [-0.05, 0) is 23.8 Å². The van der Waals surface area contributed by atoms with Crippen LogP contribution in [0.3, 0.4) is 0 Å². The van der Waals surface area contributed by atoms with Gasteiger partial charge < -0.3 is 9.63 Å². The van der Waals surface area contributed by atoms with Gasteiger partial charge in [-0.15, -0.1) is 0 Å². The Kier molecular flexibility index (Phi) is 4.91. The van der Waals surface area contributed by atoms with E-state index >= 15 is 0 Å². The van der Waals surface area contributed by atoms with Crippen molar-refractivity contribution in [3.05, 3.63) is 94.0 Å². The second kappa shape index (κ2) is 7.90. The minimum Gasteiger partial charge on any atom is -0.842 e. The monoisotopic (exact) mass is 445 g/mol. The molecular formula is C23H16ClN5O3. The number of nitrogens with zero attached hydrogens (tertiary/aromatic N) is 5. The van der Waals surface area contributed by atoms with Crippen molar-refractivity contribution >= 4 is 17.2 Å². The lowest BCUT2D eigenvalue weighted by Gasteiger charge is -2.17. The van der Waals surface area contributed by atoms with E-state index in [1.807, 2.05) is 0 Å². The molecule has 0 aliphatic rings. The number of rotatable bonds is 4. The zero-order chi connectivity index (χ0) is 22.2. The molecule has 4 aromatic heterocycles. The van der Waals surface area contributed by atoms with Gasteiger partial charge in [-0.2, -0.15) is 9.38 Å². The molecule has 0 aliphatic carbocycles. The van der Waals surface area contributed by atoms with Gasteiger partial charge in [-0.3, -0.25) is 0 Å². The van der Waals surface area contributed by atoms with E-state index in [2.05, 4.69) is 15.1 Å². The summed E-state index contributed by atoms with van der Waals surface area (Å²) < 4.78 is 8.07. The molecule has 4 heterocycles. The molecule has 8 nitrogen and oxygen atoms in total. The molecule has 1 aromatic carbocycles. The highest BCUT2D eigenvalue weighted by molar-refractivity contribution is 6.29. The maximum absolute atomic E-state index is 13.6. The Labute approximate surface area is 187 Å². The summed E-state index contributed by atoms with van der Waals surface area (Å²) in [5, 5.41) is 17.9. The molecule has 0 bridgehead atoms. The van der Waals surface area contributed by atoms with Gasteiger partial charge in [0.2, 0.25) is 11.7 Å². The summed E-state index contributed by atoms with van der Waals surface area (Å²) in [7, 11) is 0. The van der Waals surface area contributed by atoms with Crippen LogP contribution in [0.25, 0.3) is 28.2 Å². The molecule has 5 aromatic rings. The number of hydrogen-bond acceptors (Lipinski definition) is 6. The minimum atomic E-state index is -0.405. The summed E-state index contributed by atoms with van der Waals surface area (Å²) in [4.78, 5) is 21.6. The molecule has 0 spiro atoms. The van der Waals surface area contributed by atoms with Crippen LogP contribution in [-0.2, 0) is 6.54 Å². The standard InChI is InChI=1S/C23H16ClN5O3/c1-14-26-21(27-32-14)17-6-4-5-16(11-17)20-22(30)28-10-3-2-7-19(28)29(23(20)31)13-15-8-9-18(24)25-12-15/h2-12H,13H2,1H3. The third-order valence-electron chi connectivity index (χ3n) is 5.07. The second-order valence-corrected chi connectivity index (χ2v) is 7.59. The third kappa shape index (κ3) is 3.50. The average Bonchev–Trinajstić information content (AvgIpc) is 3.25. The van der Waals surface area contributed by atoms with E-state index in [0.717, 1.165) is 5.56 Å². The second-order valence-electron chi connectivity index (χ2n) is 7.21. The lowest BCUT2D eigenvalue weighted by atomic mass is 10.0. The van der Waals surface area contributed by atoms with Crippen LogP contribution in [0, 0.1) is 6.92 Å². The topological polar surface area (TPSA) is 100 Å². The number of fused-ring (bicyclic) bond motifs is 1. The molecular weight excluding hydrogens is 430 g/mol. The first-order valence-electron chi connectivity index (χ1n) is 9.77. The highest BCUT2D eigenvalue weighted by atomic mass is 35.5. The van der Waals surface area contributed by atoms with E-state index in [1.165, 1.54) is 4.40 Å². The molecule has 5 rings (SSSR count). The van der Waals surface area contributed by atoms with Gasteiger partial charge >= 0.3 is 5.56 Å². The van der Waals surface area contributed by atoms with Gasteiger partial charge in [-0.1, -0.05) is 47.1 Å². The maximum atomic E-state index is 13.6. The molecule has 32 heavy (non-hydrogen) atoms. The lowest BCUT2D eigenvalue weighted by Crippen LogP contribution is -2.44. The molecule has 0 radical (unpaired) electrons. The first-order valence-corrected chi connectivity index (χ1v) is 10.1. The Morgan fingerprint density at radius 3 is 2.72 bits per heavy atom. The van der Waals surface area contributed by atoms with Crippen molar-refractivity contribution in [2.24, 2.45) is 0 Å². The Morgan fingerprint density at radius 1 is 1.12 bits per heavy atom. The Morgan fingerprint density at radius 2 is 1.97 bits per heavy atom. The van der Waals surface area contributed by atoms with Crippen LogP contribution in [0.2, 0.25) is 5.15 Å². The molecule has 9 heteroatoms. The minimum absolute atomic E-state index is 0.0534. The Hall–Kier alpha value is -4.04. The van der Waals surface area contributed by atoms with Gasteiger partial charge in [0.1, 0.15) is 17.3 Å². The fourth-order valence-corrected chi connectivity index (χ4v) is 3.70. The van der Waals surface area contributed by atoms with Crippen molar-refractivity contribution < 1.29 is 14.2 Å². The Bertz CT molecular complexity index is 1510. The van der Waals surface area contributed by atoms with Crippen LogP contribution in [0.5, 0.6) is 5.88 Å². The van der Waals surface area contributed by atoms with E-state index in [1.54, 1.807) is 78.5 Å². The van der Waals surface area contributed by atoms with E-state index in [9.17, 15) is 9.90 Å². The smallest absolute Gasteiger partial charge is 0.349 e. The molecule has 0 saturated heterocycles. The summed E-state index contributed by atoms with van der Waals surface area (Å²) in [6, 6.07) is 15.7. The number of pyridine rings is 2. The average molecular weight is 446 g/mol. The molecule has 0 amide bonds. The van der Waals surface area contributed by atoms with Crippen LogP contribution < -0.4 is 15.2 Å². The molecule has 0 unspecified atom stereocenters. The van der Waals surface area contributed by atoms with Gasteiger partial charge in [0.25, 0.3) is 5.65 Å². The van der Waals surface area contributed by atoms with Crippen LogP contribution in [0.15, 0.2) is 76.3 Å². The highest BCUT2D eigenvalue weighted by Gasteiger charge is 2.21. The predicted molar refractivity (Wildman–Crippen MR) is 115 cm³/mol. The predicted octanol–water partition coefficient (Wildman–Crippen LogP) is 2.78. The first-order chi connectivity index (χ1) is 15.5. The number of aryl methyl sites for hydroxylation is 1. The lowest BCUT2D eigenvalue weighted by molar-refractivity contribution is -0.708. The maximum Gasteiger partial charge on any atom is 0.349 e. The van der Waals surface area contributed by atoms with E-state index in [-0.39, 0.29) is 12.1 Å². The first kappa shape index (κ1) is 19.9. The van der Waals surface area contributed by atoms with Crippen molar-refractivity contribution in [3.63, 3.8) is 0 Å². The quantitative estimate of drug-likeness (QED) is 0.311. The highest BCUT2D eigenvalue weighted by Crippen LogP contribution is 2.26. The summed E-state index contributed by atoms with van der Waals surface area (Å²) >= 11 is 5.89. The fourth-order valence-electron chi connectivity index (χ4n) is 3.59. The normalized spacial score (nSPS) is 11.2. The summed E-state index contributed by atoms with van der Waals surface area (Å²) in [5.41, 5.74) is 2.02. The van der Waals surface area contributed by atoms with Crippen molar-refractivity contribution in [1.29, 1.82) is 0 Å². The van der Waals surface area contributed by atoms with Crippen LogP contribution in [-0.4, -0.2) is 19.5 Å². The fraction of sp³-hybridized carbons (Fsp3) is 0.0870. The molecule has 0 aliphatic heterocycles. The number of hydrogen-bond donors (Lipinski definition) is 0. The SMILES string of the molecule is Cc1nc(-c2cccc(-c3c([O-])[n+](Cc4ccc(Cl)nc4)c4ccccn4c3=O)c2)no1. The molecule has 0 fully saturated rings. The van der Waals surface area contributed by atoms with Crippen molar-refractivity contribution in [2.45, 2.75) is 13.5 Å². The van der Waals surface area contributed by atoms with Gasteiger partial charge in [0.05, 0.1) is 12.1 Å². The third-order valence-corrected chi connectivity index (χ3v) is 5.30. The van der Waals surface area contributed by atoms with Gasteiger partial charge in [0, 0.05) is 30.3 Å².